The number of hydrogen-bond acceptors (Lipinski definition) is 2. The van der Waals surface area contributed by atoms with E-state index < -0.39 is 5.91 Å². The molecule has 0 aromatic heterocycles. The third kappa shape index (κ3) is 2.34. The van der Waals surface area contributed by atoms with Crippen molar-refractivity contribution in [1.82, 2.24) is 0 Å². The predicted octanol–water partition coefficient (Wildman–Crippen LogP) is -0.392. The van der Waals surface area contributed by atoms with Crippen molar-refractivity contribution < 1.29 is 9.59 Å². The molecule has 0 aliphatic rings. The van der Waals surface area contributed by atoms with E-state index in [0.29, 0.717) is 0 Å². The maximum atomic E-state index is 10.1. The topological polar surface area (TPSA) is 60.2 Å². The Hall–Kier alpha value is -0.860. The zero-order valence-corrected chi connectivity index (χ0v) is 4.68. The lowest BCUT2D eigenvalue weighted by atomic mass is 10.1. The van der Waals surface area contributed by atoms with Gasteiger partial charge in [0.25, 0.3) is 0 Å². The second-order valence-electron chi connectivity index (χ2n) is 1.65. The fraction of sp³-hybridized carbons (Fsp3) is 0.600. The van der Waals surface area contributed by atoms with E-state index in [-0.39, 0.29) is 12.3 Å². The van der Waals surface area contributed by atoms with Crippen molar-refractivity contribution in [2.24, 2.45) is 11.7 Å². The Balaban J connectivity index is 3.46. The summed E-state index contributed by atoms with van der Waals surface area (Å²) in [6.07, 6.45) is 1.70. The van der Waals surface area contributed by atoms with Gasteiger partial charge >= 0.3 is 0 Å². The first-order chi connectivity index (χ1) is 3.68. The first kappa shape index (κ1) is 7.14. The first-order valence-electron chi connectivity index (χ1n) is 2.32. The molecule has 1 unspecified atom stereocenters. The van der Waals surface area contributed by atoms with Crippen LogP contribution in [-0.4, -0.2) is 12.2 Å². The molecular weight excluding hydrogens is 106 g/mol. The van der Waals surface area contributed by atoms with Crippen LogP contribution in [0.5, 0.6) is 0 Å². The van der Waals surface area contributed by atoms with Crippen LogP contribution in [0.2, 0.25) is 0 Å². The van der Waals surface area contributed by atoms with Crippen LogP contribution in [0.25, 0.3) is 0 Å². The Labute approximate surface area is 47.9 Å². The summed E-state index contributed by atoms with van der Waals surface area (Å²) in [7, 11) is 0. The quantitative estimate of drug-likeness (QED) is 0.543. The molecule has 0 saturated heterocycles. The van der Waals surface area contributed by atoms with Crippen molar-refractivity contribution in [3.63, 3.8) is 0 Å². The second-order valence-corrected chi connectivity index (χ2v) is 1.65. The van der Waals surface area contributed by atoms with Gasteiger partial charge in [0, 0.05) is 12.3 Å². The third-order valence-electron chi connectivity index (χ3n) is 0.875. The van der Waals surface area contributed by atoms with Crippen LogP contribution in [0.15, 0.2) is 0 Å². The van der Waals surface area contributed by atoms with Gasteiger partial charge < -0.3 is 5.73 Å². The van der Waals surface area contributed by atoms with Crippen molar-refractivity contribution in [1.29, 1.82) is 0 Å². The lowest BCUT2D eigenvalue weighted by molar-refractivity contribution is -0.121. The van der Waals surface area contributed by atoms with E-state index in [2.05, 4.69) is 0 Å². The number of amides is 1. The smallest absolute Gasteiger partial charge is 0.220 e. The Bertz CT molecular complexity index is 101. The van der Waals surface area contributed by atoms with Gasteiger partial charge in [0.1, 0.15) is 0 Å². The van der Waals surface area contributed by atoms with Gasteiger partial charge in [-0.3, -0.25) is 9.59 Å². The molecule has 3 nitrogen and oxygen atoms in total. The fourth-order valence-electron chi connectivity index (χ4n) is 0.226. The van der Waals surface area contributed by atoms with Gasteiger partial charge in [-0.05, 0) is 0 Å². The fourth-order valence-corrected chi connectivity index (χ4v) is 0.226. The van der Waals surface area contributed by atoms with E-state index in [0.717, 1.165) is 0 Å². The molecule has 3 heteroatoms. The van der Waals surface area contributed by atoms with Crippen molar-refractivity contribution in [3.8, 4) is 0 Å². The van der Waals surface area contributed by atoms with Crippen molar-refractivity contribution in [3.05, 3.63) is 0 Å². The average Bonchev–Trinajstić information content (AvgIpc) is 1.67. The molecule has 0 aliphatic carbocycles. The van der Waals surface area contributed by atoms with Crippen LogP contribution in [0.4, 0.5) is 0 Å². The minimum absolute atomic E-state index is 0.106. The van der Waals surface area contributed by atoms with E-state index in [9.17, 15) is 9.59 Å². The summed E-state index contributed by atoms with van der Waals surface area (Å²) in [5.74, 6) is -0.819. The molecule has 0 aromatic rings. The van der Waals surface area contributed by atoms with Gasteiger partial charge in [-0.1, -0.05) is 6.92 Å². The highest BCUT2D eigenvalue weighted by atomic mass is 16.1. The summed E-state index contributed by atoms with van der Waals surface area (Å²) in [4.78, 5) is 19.7. The number of carbonyl (C=O) groups is 1. The molecule has 0 heterocycles. The van der Waals surface area contributed by atoms with Crippen LogP contribution in [0.3, 0.4) is 0 Å². The maximum Gasteiger partial charge on any atom is 0.220 e. The van der Waals surface area contributed by atoms with Crippen LogP contribution in [-0.2, 0) is 9.59 Å². The highest BCUT2D eigenvalue weighted by Crippen LogP contribution is 1.94. The third-order valence-corrected chi connectivity index (χ3v) is 0.875. The number of nitrogens with two attached hydrogens (primary N) is 1. The van der Waals surface area contributed by atoms with Crippen LogP contribution >= 0.6 is 0 Å². The summed E-state index contributed by atoms with van der Waals surface area (Å²) in [5, 5.41) is 0. The lowest BCUT2D eigenvalue weighted by Crippen LogP contribution is -2.20. The maximum absolute atomic E-state index is 10.1. The summed E-state index contributed by atoms with van der Waals surface area (Å²) in [6, 6.07) is 0. The molecule has 0 bridgehead atoms. The zero-order chi connectivity index (χ0) is 6.57. The van der Waals surface area contributed by atoms with Gasteiger partial charge in [0.2, 0.25) is 5.91 Å². The molecule has 0 spiro atoms. The molecule has 1 radical (unpaired) electrons. The number of rotatable bonds is 3. The van der Waals surface area contributed by atoms with Crippen LogP contribution < -0.4 is 5.73 Å². The Kier molecular flexibility index (Phi) is 2.84. The largest absolute Gasteiger partial charge is 0.369 e. The average molecular weight is 114 g/mol. The molecule has 0 rings (SSSR count). The van der Waals surface area contributed by atoms with Crippen LogP contribution in [0.1, 0.15) is 13.3 Å². The van der Waals surface area contributed by atoms with E-state index in [1.807, 2.05) is 0 Å². The molecule has 0 aliphatic heterocycles. The molecule has 0 fully saturated rings. The van der Waals surface area contributed by atoms with Gasteiger partial charge in [-0.15, -0.1) is 0 Å². The molecule has 1 atom stereocenters. The number of primary amides is 1. The SMILES string of the molecule is CC(C[C]=O)C(N)=O. The van der Waals surface area contributed by atoms with Crippen molar-refractivity contribution in [2.45, 2.75) is 13.3 Å². The predicted molar refractivity (Wildman–Crippen MR) is 28.7 cm³/mol. The standard InChI is InChI=1S/C5H8NO2/c1-4(2-3-7)5(6)8/h4H,2H2,1H3,(H2,6,8). The summed E-state index contributed by atoms with van der Waals surface area (Å²) in [6.45, 7) is 1.59. The van der Waals surface area contributed by atoms with E-state index in [1.54, 1.807) is 13.2 Å². The monoisotopic (exact) mass is 114 g/mol. The van der Waals surface area contributed by atoms with E-state index in [4.69, 9.17) is 5.73 Å². The van der Waals surface area contributed by atoms with Crippen molar-refractivity contribution in [2.75, 3.05) is 0 Å². The molecular formula is C5H8NO2. The molecule has 2 N–H and O–H groups in total. The van der Waals surface area contributed by atoms with Gasteiger partial charge in [0.15, 0.2) is 6.29 Å². The molecule has 0 aromatic carbocycles. The zero-order valence-electron chi connectivity index (χ0n) is 4.68. The summed E-state index contributed by atoms with van der Waals surface area (Å²) < 4.78 is 0. The molecule has 0 saturated carbocycles. The normalized spacial score (nSPS) is 12.6. The Morgan fingerprint density at radius 2 is 2.38 bits per heavy atom. The highest BCUT2D eigenvalue weighted by Gasteiger charge is 2.06. The molecule has 8 heavy (non-hydrogen) atoms. The highest BCUT2D eigenvalue weighted by molar-refractivity contribution is 5.78. The number of carbonyl (C=O) groups excluding carboxylic acids is 2. The van der Waals surface area contributed by atoms with Gasteiger partial charge in [-0.2, -0.15) is 0 Å². The van der Waals surface area contributed by atoms with Crippen LogP contribution in [0, 0.1) is 5.92 Å². The van der Waals surface area contributed by atoms with Gasteiger partial charge in [0.05, 0.1) is 0 Å². The summed E-state index contributed by atoms with van der Waals surface area (Å²) >= 11 is 0. The Morgan fingerprint density at radius 1 is 1.88 bits per heavy atom. The van der Waals surface area contributed by atoms with E-state index in [1.165, 1.54) is 0 Å². The number of hydrogen-bond donors (Lipinski definition) is 1. The van der Waals surface area contributed by atoms with Crippen molar-refractivity contribution >= 4 is 12.2 Å². The minimum atomic E-state index is -0.451. The first-order valence-corrected chi connectivity index (χ1v) is 2.32. The summed E-state index contributed by atoms with van der Waals surface area (Å²) in [5.41, 5.74) is 4.80. The second kappa shape index (κ2) is 3.18. The van der Waals surface area contributed by atoms with Gasteiger partial charge in [-0.25, -0.2) is 0 Å². The molecule has 45 valence electrons. The molecule has 1 amide bonds. The lowest BCUT2D eigenvalue weighted by Gasteiger charge is -1.96. The minimum Gasteiger partial charge on any atom is -0.369 e. The Morgan fingerprint density at radius 3 is 2.50 bits per heavy atom. The van der Waals surface area contributed by atoms with E-state index >= 15 is 0 Å².